The van der Waals surface area contributed by atoms with E-state index in [4.69, 9.17) is 15.6 Å². The van der Waals surface area contributed by atoms with Gasteiger partial charge < -0.3 is 15.6 Å². The van der Waals surface area contributed by atoms with Crippen molar-refractivity contribution < 1.29 is 14.6 Å². The third-order valence-corrected chi connectivity index (χ3v) is 2.30. The maximum Gasteiger partial charge on any atom is 0.350 e. The first-order valence-corrected chi connectivity index (χ1v) is 4.93. The van der Waals surface area contributed by atoms with Crippen molar-refractivity contribution in [1.29, 1.82) is 0 Å². The van der Waals surface area contributed by atoms with Crippen LogP contribution in [0.15, 0.2) is 0 Å². The maximum absolute atomic E-state index is 11.4. The highest BCUT2D eigenvalue weighted by Crippen LogP contribution is 2.21. The number of carbonyl (C=O) groups excluding carboxylic acids is 1. The second kappa shape index (κ2) is 4.39. The van der Waals surface area contributed by atoms with Crippen molar-refractivity contribution >= 4 is 22.4 Å². The van der Waals surface area contributed by atoms with Gasteiger partial charge in [0, 0.05) is 0 Å². The number of nitrogens with two attached hydrogens (primary N) is 1. The minimum Gasteiger partial charge on any atom is -0.459 e. The Balaban J connectivity index is 2.88. The second-order valence-electron chi connectivity index (χ2n) is 2.94. The third kappa shape index (κ3) is 2.43. The zero-order valence-corrected chi connectivity index (χ0v) is 8.80. The van der Waals surface area contributed by atoms with Gasteiger partial charge in [0.05, 0.1) is 18.4 Å². The minimum atomic E-state index is -0.488. The highest BCUT2D eigenvalue weighted by molar-refractivity contribution is 7.17. The van der Waals surface area contributed by atoms with Crippen molar-refractivity contribution in [3.8, 4) is 0 Å². The van der Waals surface area contributed by atoms with Crippen LogP contribution in [0.1, 0.15) is 29.2 Å². The number of nitrogen functional groups attached to an aromatic ring is 1. The lowest BCUT2D eigenvalue weighted by molar-refractivity contribution is 0.0380. The standard InChI is InChI=1S/C8H12N2O3S/c1-4(2)13-7(12)6-5(3-11)10-8(9)14-6/h4,11H,3H2,1-2H3,(H2,9,10). The molecule has 0 unspecified atom stereocenters. The normalized spacial score (nSPS) is 10.6. The number of nitrogens with zero attached hydrogens (tertiary/aromatic N) is 1. The number of thiazole rings is 1. The Labute approximate surface area is 85.5 Å². The van der Waals surface area contributed by atoms with E-state index in [0.717, 1.165) is 11.3 Å². The number of aliphatic hydroxyl groups is 1. The molecule has 0 spiro atoms. The Hall–Kier alpha value is -1.14. The van der Waals surface area contributed by atoms with E-state index in [-0.39, 0.29) is 28.4 Å². The zero-order valence-electron chi connectivity index (χ0n) is 7.98. The maximum atomic E-state index is 11.4. The van der Waals surface area contributed by atoms with Crippen molar-refractivity contribution in [2.75, 3.05) is 5.73 Å². The number of carbonyl (C=O) groups is 1. The highest BCUT2D eigenvalue weighted by atomic mass is 32.1. The van der Waals surface area contributed by atoms with Gasteiger partial charge >= 0.3 is 5.97 Å². The number of aromatic nitrogens is 1. The summed E-state index contributed by atoms with van der Waals surface area (Å²) in [5.41, 5.74) is 5.69. The molecule has 0 saturated heterocycles. The largest absolute Gasteiger partial charge is 0.459 e. The van der Waals surface area contributed by atoms with Gasteiger partial charge in [-0.1, -0.05) is 11.3 Å². The van der Waals surface area contributed by atoms with Crippen LogP contribution in [0.4, 0.5) is 5.13 Å². The molecule has 0 atom stereocenters. The molecule has 0 radical (unpaired) electrons. The molecule has 1 aromatic heterocycles. The Bertz CT molecular complexity index is 335. The molecule has 0 aliphatic carbocycles. The molecule has 5 nitrogen and oxygen atoms in total. The molecule has 0 fully saturated rings. The summed E-state index contributed by atoms with van der Waals surface area (Å²) in [6.45, 7) is 3.19. The van der Waals surface area contributed by atoms with Gasteiger partial charge in [0.2, 0.25) is 0 Å². The second-order valence-corrected chi connectivity index (χ2v) is 3.97. The van der Waals surface area contributed by atoms with Gasteiger partial charge in [-0.2, -0.15) is 0 Å². The first-order chi connectivity index (χ1) is 6.54. The summed E-state index contributed by atoms with van der Waals surface area (Å²) in [5.74, 6) is -0.488. The van der Waals surface area contributed by atoms with Gasteiger partial charge in [-0.15, -0.1) is 0 Å². The summed E-state index contributed by atoms with van der Waals surface area (Å²) >= 11 is 1.02. The molecule has 0 aromatic carbocycles. The van der Waals surface area contributed by atoms with Gasteiger partial charge in [-0.05, 0) is 13.8 Å². The molecule has 1 rings (SSSR count). The van der Waals surface area contributed by atoms with Crippen LogP contribution in [0, 0.1) is 0 Å². The molecule has 14 heavy (non-hydrogen) atoms. The van der Waals surface area contributed by atoms with Crippen LogP contribution in [-0.4, -0.2) is 22.2 Å². The Morgan fingerprint density at radius 2 is 2.36 bits per heavy atom. The van der Waals surface area contributed by atoms with E-state index in [1.165, 1.54) is 0 Å². The first kappa shape index (κ1) is 10.9. The smallest absolute Gasteiger partial charge is 0.350 e. The van der Waals surface area contributed by atoms with Crippen molar-refractivity contribution in [3.63, 3.8) is 0 Å². The molecule has 3 N–H and O–H groups in total. The van der Waals surface area contributed by atoms with Crippen molar-refractivity contribution in [2.24, 2.45) is 0 Å². The fourth-order valence-electron chi connectivity index (χ4n) is 0.904. The molecule has 6 heteroatoms. The van der Waals surface area contributed by atoms with Gasteiger partial charge in [-0.25, -0.2) is 9.78 Å². The number of ether oxygens (including phenoxy) is 1. The van der Waals surface area contributed by atoms with Crippen LogP contribution in [0.2, 0.25) is 0 Å². The monoisotopic (exact) mass is 216 g/mol. The summed E-state index contributed by atoms with van der Waals surface area (Å²) < 4.78 is 4.96. The highest BCUT2D eigenvalue weighted by Gasteiger charge is 2.18. The topological polar surface area (TPSA) is 85.4 Å². The quantitative estimate of drug-likeness (QED) is 0.729. The number of hydrogen-bond acceptors (Lipinski definition) is 6. The van der Waals surface area contributed by atoms with Crippen molar-refractivity contribution in [1.82, 2.24) is 4.98 Å². The molecule has 78 valence electrons. The average molecular weight is 216 g/mol. The Morgan fingerprint density at radius 1 is 1.71 bits per heavy atom. The number of hydrogen-bond donors (Lipinski definition) is 2. The Morgan fingerprint density at radius 3 is 2.86 bits per heavy atom. The molecule has 0 saturated carbocycles. The molecule has 0 aliphatic heterocycles. The van der Waals surface area contributed by atoms with Crippen molar-refractivity contribution in [3.05, 3.63) is 10.6 Å². The molecular formula is C8H12N2O3S. The van der Waals surface area contributed by atoms with E-state index in [2.05, 4.69) is 4.98 Å². The number of esters is 1. The summed E-state index contributed by atoms with van der Waals surface area (Å²) in [6.07, 6.45) is -0.197. The fourth-order valence-corrected chi connectivity index (χ4v) is 1.63. The fraction of sp³-hybridized carbons (Fsp3) is 0.500. The molecular weight excluding hydrogens is 204 g/mol. The summed E-state index contributed by atoms with van der Waals surface area (Å²) in [7, 11) is 0. The van der Waals surface area contributed by atoms with Crippen LogP contribution >= 0.6 is 11.3 Å². The number of anilines is 1. The SMILES string of the molecule is CC(C)OC(=O)c1sc(N)nc1CO. The molecule has 0 aliphatic rings. The molecule has 1 heterocycles. The lowest BCUT2D eigenvalue weighted by Crippen LogP contribution is -2.12. The van der Waals surface area contributed by atoms with E-state index in [1.54, 1.807) is 13.8 Å². The van der Waals surface area contributed by atoms with Gasteiger partial charge in [0.1, 0.15) is 4.88 Å². The van der Waals surface area contributed by atoms with Gasteiger partial charge in [-0.3, -0.25) is 0 Å². The first-order valence-electron chi connectivity index (χ1n) is 4.11. The lowest BCUT2D eigenvalue weighted by Gasteiger charge is -2.06. The van der Waals surface area contributed by atoms with Gasteiger partial charge in [0.25, 0.3) is 0 Å². The lowest BCUT2D eigenvalue weighted by atomic mass is 10.4. The number of aliphatic hydroxyl groups excluding tert-OH is 1. The average Bonchev–Trinajstić information content (AvgIpc) is 2.45. The van der Waals surface area contributed by atoms with E-state index in [9.17, 15) is 4.79 Å². The molecule has 0 bridgehead atoms. The summed E-state index contributed by atoms with van der Waals surface area (Å²) in [6, 6.07) is 0. The number of rotatable bonds is 3. The van der Waals surface area contributed by atoms with E-state index in [0.29, 0.717) is 0 Å². The minimum absolute atomic E-state index is 0.197. The van der Waals surface area contributed by atoms with Crippen molar-refractivity contribution in [2.45, 2.75) is 26.6 Å². The van der Waals surface area contributed by atoms with Crippen LogP contribution in [0.25, 0.3) is 0 Å². The van der Waals surface area contributed by atoms with Crippen LogP contribution in [0.3, 0.4) is 0 Å². The summed E-state index contributed by atoms with van der Waals surface area (Å²) in [5, 5.41) is 9.15. The summed E-state index contributed by atoms with van der Waals surface area (Å²) in [4.78, 5) is 15.5. The van der Waals surface area contributed by atoms with E-state index < -0.39 is 5.97 Å². The van der Waals surface area contributed by atoms with E-state index >= 15 is 0 Å². The predicted molar refractivity (Wildman–Crippen MR) is 53.0 cm³/mol. The zero-order chi connectivity index (χ0) is 10.7. The Kier molecular flexibility index (Phi) is 3.43. The van der Waals surface area contributed by atoms with Gasteiger partial charge in [0.15, 0.2) is 5.13 Å². The molecule has 0 amide bonds. The van der Waals surface area contributed by atoms with Crippen LogP contribution in [-0.2, 0) is 11.3 Å². The predicted octanol–water partition coefficient (Wildman–Crippen LogP) is 0.783. The van der Waals surface area contributed by atoms with Crippen LogP contribution in [0.5, 0.6) is 0 Å². The third-order valence-electron chi connectivity index (χ3n) is 1.39. The molecule has 1 aromatic rings. The van der Waals surface area contributed by atoms with E-state index in [1.807, 2.05) is 0 Å². The van der Waals surface area contributed by atoms with Crippen LogP contribution < -0.4 is 5.73 Å².